The van der Waals surface area contributed by atoms with Crippen LogP contribution in [0.2, 0.25) is 0 Å². The van der Waals surface area contributed by atoms with Crippen LogP contribution < -0.4 is 4.74 Å². The lowest BCUT2D eigenvalue weighted by atomic mass is 9.87. The van der Waals surface area contributed by atoms with Crippen LogP contribution in [0.4, 0.5) is 0 Å². The lowest BCUT2D eigenvalue weighted by molar-refractivity contribution is 0.0971. The van der Waals surface area contributed by atoms with E-state index in [1.807, 2.05) is 79.7 Å². The summed E-state index contributed by atoms with van der Waals surface area (Å²) in [6.07, 6.45) is 5.58. The van der Waals surface area contributed by atoms with Crippen molar-refractivity contribution in [2.24, 2.45) is 0 Å². The maximum atomic E-state index is 13.3. The van der Waals surface area contributed by atoms with Gasteiger partial charge in [0.25, 0.3) is 0 Å². The van der Waals surface area contributed by atoms with Crippen LogP contribution in [0.25, 0.3) is 0 Å². The summed E-state index contributed by atoms with van der Waals surface area (Å²) in [7, 11) is 0. The van der Waals surface area contributed by atoms with Crippen LogP contribution in [-0.4, -0.2) is 20.3 Å². The molecule has 0 aliphatic heterocycles. The van der Waals surface area contributed by atoms with Crippen LogP contribution >= 0.6 is 0 Å². The summed E-state index contributed by atoms with van der Waals surface area (Å²) >= 11 is -1.28. The number of aromatic amines is 1. The summed E-state index contributed by atoms with van der Waals surface area (Å²) in [5, 5.41) is 0. The molecule has 1 aliphatic carbocycles. The smallest absolute Gasteiger partial charge is 0.188 e. The van der Waals surface area contributed by atoms with E-state index in [4.69, 9.17) is 4.74 Å². The highest BCUT2D eigenvalue weighted by Crippen LogP contribution is 2.39. The van der Waals surface area contributed by atoms with Crippen LogP contribution in [0.1, 0.15) is 52.6 Å². The molecule has 0 amide bonds. The molecule has 0 bridgehead atoms. The van der Waals surface area contributed by atoms with Crippen molar-refractivity contribution in [3.63, 3.8) is 0 Å². The Morgan fingerprint density at radius 2 is 1.76 bits per heavy atom. The van der Waals surface area contributed by atoms with E-state index in [0.717, 1.165) is 40.0 Å². The van der Waals surface area contributed by atoms with E-state index < -0.39 is 16.8 Å². The number of ketones is 1. The minimum Gasteiger partial charge on any atom is -0.611 e. The number of nitrogens with one attached hydrogen (secondary N) is 1. The quantitative estimate of drug-likeness (QED) is 0.358. The number of rotatable bonds is 7. The molecule has 0 radical (unpaired) electrons. The molecule has 1 aromatic heterocycles. The minimum atomic E-state index is -1.28. The molecule has 1 aliphatic rings. The van der Waals surface area contributed by atoms with Gasteiger partial charge in [-0.05, 0) is 60.8 Å². The summed E-state index contributed by atoms with van der Waals surface area (Å²) in [6.45, 7) is 1.98. The Hall–Kier alpha value is -3.35. The van der Waals surface area contributed by atoms with Crippen molar-refractivity contribution in [3.8, 4) is 5.75 Å². The van der Waals surface area contributed by atoms with E-state index in [0.29, 0.717) is 18.0 Å². The first-order valence-electron chi connectivity index (χ1n) is 11.4. The molecule has 1 unspecified atom stereocenters. The Bertz CT molecular complexity index is 1280. The van der Waals surface area contributed by atoms with Gasteiger partial charge in [-0.1, -0.05) is 48.5 Å². The number of aromatic nitrogens is 2. The number of Topliss-reactive ketones (excluding diaryl/α,β-unsaturated/α-hetero) is 1. The summed E-state index contributed by atoms with van der Waals surface area (Å²) in [6, 6.07) is 23.0. The third-order valence-corrected chi connectivity index (χ3v) is 7.74. The number of carbonyl (C=O) groups is 1. The van der Waals surface area contributed by atoms with Crippen LogP contribution in [0.3, 0.4) is 0 Å². The van der Waals surface area contributed by atoms with Gasteiger partial charge < -0.3 is 14.3 Å². The van der Waals surface area contributed by atoms with Crippen molar-refractivity contribution in [1.82, 2.24) is 9.97 Å². The van der Waals surface area contributed by atoms with Crippen molar-refractivity contribution < 1.29 is 14.1 Å². The summed E-state index contributed by atoms with van der Waals surface area (Å²) < 4.78 is 20.1. The third-order valence-electron chi connectivity index (χ3n) is 6.39. The Labute approximate surface area is 202 Å². The van der Waals surface area contributed by atoms with Gasteiger partial charge in [-0.25, -0.2) is 4.98 Å². The first-order valence-corrected chi connectivity index (χ1v) is 12.7. The number of benzene rings is 3. The lowest BCUT2D eigenvalue weighted by Gasteiger charge is -2.32. The van der Waals surface area contributed by atoms with Crippen LogP contribution in [0.15, 0.2) is 90.1 Å². The van der Waals surface area contributed by atoms with Gasteiger partial charge in [0.15, 0.2) is 22.1 Å². The van der Waals surface area contributed by atoms with Crippen molar-refractivity contribution in [1.29, 1.82) is 0 Å². The van der Waals surface area contributed by atoms with Crippen LogP contribution in [-0.2, 0) is 29.0 Å². The third kappa shape index (κ3) is 4.27. The molecule has 5 rings (SSSR count). The number of carbonyl (C=O) groups excluding carboxylic acids is 1. The fourth-order valence-electron chi connectivity index (χ4n) is 4.57. The molecule has 172 valence electrons. The molecule has 34 heavy (non-hydrogen) atoms. The Balaban J connectivity index is 1.61. The van der Waals surface area contributed by atoms with E-state index in [9.17, 15) is 9.35 Å². The Kier molecular flexibility index (Phi) is 6.26. The number of nitrogens with zero attached hydrogens (tertiary/aromatic N) is 1. The standard InChI is InChI=1S/C28H26N2O3S/c1-28(27-29-17-18-30-27,20-9-4-2-5-10-20)33-26-16-15-23-22(13-8-14-25(23)31)24(26)19-34(32)21-11-6-3-7-12-21/h2-7,9-12,15-18H,8,13-14,19H2,1H3,(H,29,30)/t28-,34?/m0/s1. The number of fused-ring (bicyclic) bond motifs is 1. The van der Waals surface area contributed by atoms with Crippen LogP contribution in [0.5, 0.6) is 5.75 Å². The van der Waals surface area contributed by atoms with Gasteiger partial charge in [-0.15, -0.1) is 0 Å². The Morgan fingerprint density at radius 1 is 1.03 bits per heavy atom. The zero-order valence-electron chi connectivity index (χ0n) is 19.0. The predicted octanol–water partition coefficient (Wildman–Crippen LogP) is 5.58. The number of imidazole rings is 1. The highest BCUT2D eigenvalue weighted by Gasteiger charge is 2.36. The van der Waals surface area contributed by atoms with E-state index in [1.54, 1.807) is 12.4 Å². The van der Waals surface area contributed by atoms with Gasteiger partial charge in [0.2, 0.25) is 0 Å². The molecule has 3 aromatic carbocycles. The highest BCUT2D eigenvalue weighted by molar-refractivity contribution is 7.90. The maximum Gasteiger partial charge on any atom is 0.188 e. The molecule has 0 spiro atoms. The van der Waals surface area contributed by atoms with Crippen molar-refractivity contribution in [3.05, 3.63) is 113 Å². The normalized spacial score (nSPS) is 15.9. The molecule has 6 heteroatoms. The SMILES string of the molecule is C[C@](Oc1ccc2c(c1C[S+]([O-])c1ccccc1)CCCC2=O)(c1ccccc1)c1ncc[nH]1. The van der Waals surface area contributed by atoms with Crippen molar-refractivity contribution in [2.75, 3.05) is 0 Å². The van der Waals surface area contributed by atoms with Gasteiger partial charge in [-0.2, -0.15) is 0 Å². The number of H-pyrrole nitrogens is 1. The van der Waals surface area contributed by atoms with Crippen molar-refractivity contribution in [2.45, 2.75) is 42.4 Å². The first kappa shape index (κ1) is 22.4. The average molecular weight is 471 g/mol. The molecule has 1 heterocycles. The molecule has 5 nitrogen and oxygen atoms in total. The summed E-state index contributed by atoms with van der Waals surface area (Å²) in [5.74, 6) is 1.71. The van der Waals surface area contributed by atoms with Gasteiger partial charge in [0.1, 0.15) is 11.5 Å². The van der Waals surface area contributed by atoms with Gasteiger partial charge >= 0.3 is 0 Å². The molecule has 2 atom stereocenters. The summed E-state index contributed by atoms with van der Waals surface area (Å²) in [4.78, 5) is 21.1. The molecular weight excluding hydrogens is 444 g/mol. The van der Waals surface area contributed by atoms with E-state index in [-0.39, 0.29) is 11.5 Å². The number of hydrogen-bond acceptors (Lipinski definition) is 4. The van der Waals surface area contributed by atoms with Crippen LogP contribution in [0, 0.1) is 0 Å². The van der Waals surface area contributed by atoms with Gasteiger partial charge in [0, 0.05) is 35.5 Å². The predicted molar refractivity (Wildman–Crippen MR) is 132 cm³/mol. The Morgan fingerprint density at radius 3 is 2.47 bits per heavy atom. The zero-order chi connectivity index (χ0) is 23.5. The monoisotopic (exact) mass is 470 g/mol. The molecular formula is C28H26N2O3S. The number of hydrogen-bond donors (Lipinski definition) is 1. The highest BCUT2D eigenvalue weighted by atomic mass is 32.2. The molecule has 0 fully saturated rings. The summed E-state index contributed by atoms with van der Waals surface area (Å²) in [5.41, 5.74) is 2.54. The fourth-order valence-corrected chi connectivity index (χ4v) is 5.77. The first-order chi connectivity index (χ1) is 16.6. The lowest BCUT2D eigenvalue weighted by Crippen LogP contribution is -2.33. The van der Waals surface area contributed by atoms with E-state index in [1.165, 1.54) is 0 Å². The maximum absolute atomic E-state index is 13.3. The second kappa shape index (κ2) is 9.49. The average Bonchev–Trinajstić information content (AvgIpc) is 3.42. The van der Waals surface area contributed by atoms with Crippen molar-refractivity contribution >= 4 is 17.0 Å². The second-order valence-corrected chi connectivity index (χ2v) is 10.0. The number of ether oxygens (including phenoxy) is 1. The minimum absolute atomic E-state index is 0.136. The molecule has 1 N–H and O–H groups in total. The molecule has 0 saturated carbocycles. The van der Waals surface area contributed by atoms with E-state index in [2.05, 4.69) is 9.97 Å². The zero-order valence-corrected chi connectivity index (χ0v) is 19.8. The fraction of sp³-hybridized carbons (Fsp3) is 0.214. The largest absolute Gasteiger partial charge is 0.611 e. The molecule has 0 saturated heterocycles. The van der Waals surface area contributed by atoms with E-state index >= 15 is 0 Å². The second-order valence-electron chi connectivity index (χ2n) is 8.59. The van der Waals surface area contributed by atoms with Gasteiger partial charge in [-0.3, -0.25) is 4.79 Å². The topological polar surface area (TPSA) is 78.0 Å². The molecule has 4 aromatic rings. The van der Waals surface area contributed by atoms with Gasteiger partial charge in [0.05, 0.1) is 0 Å².